The fourth-order valence-corrected chi connectivity index (χ4v) is 1.68. The van der Waals surface area contributed by atoms with Gasteiger partial charge in [0.1, 0.15) is 0 Å². The number of hydrogen-bond donors (Lipinski definition) is 1. The van der Waals surface area contributed by atoms with Gasteiger partial charge in [0, 0.05) is 26.2 Å². The number of aliphatic hydroxyl groups excluding tert-OH is 1. The number of nitrogens with zero attached hydrogens (tertiary/aromatic N) is 1. The summed E-state index contributed by atoms with van der Waals surface area (Å²) in [6.07, 6.45) is -4.81. The van der Waals surface area contributed by atoms with Crippen molar-refractivity contribution in [2.75, 3.05) is 19.0 Å². The van der Waals surface area contributed by atoms with Crippen molar-refractivity contribution in [1.82, 2.24) is 0 Å². The van der Waals surface area contributed by atoms with Gasteiger partial charge in [-0.15, -0.1) is 0 Å². The van der Waals surface area contributed by atoms with Gasteiger partial charge in [-0.25, -0.2) is 0 Å². The number of aliphatic hydroxyl groups is 1. The Balaban J connectivity index is 3.19. The lowest BCUT2D eigenvalue weighted by atomic mass is 10.0. The normalized spacial score (nSPS) is 13.6. The summed E-state index contributed by atoms with van der Waals surface area (Å²) in [4.78, 5) is 1.73. The van der Waals surface area contributed by atoms with Crippen molar-refractivity contribution in [3.8, 4) is 0 Å². The van der Waals surface area contributed by atoms with Crippen molar-refractivity contribution >= 4 is 5.69 Å². The molecule has 5 heteroatoms. The average Bonchev–Trinajstić information content (AvgIpc) is 2.14. The molecule has 0 amide bonds. The highest BCUT2D eigenvalue weighted by atomic mass is 19.4. The lowest BCUT2D eigenvalue weighted by Crippen LogP contribution is -2.16. The molecule has 0 radical (unpaired) electrons. The quantitative estimate of drug-likeness (QED) is 0.887. The first-order chi connectivity index (χ1) is 7.71. The third kappa shape index (κ3) is 3.63. The van der Waals surface area contributed by atoms with E-state index in [1.807, 2.05) is 0 Å². The van der Waals surface area contributed by atoms with Gasteiger partial charge in [-0.3, -0.25) is 0 Å². The molecule has 1 unspecified atom stereocenters. The predicted octanol–water partition coefficient (Wildman–Crippen LogP) is 2.69. The van der Waals surface area contributed by atoms with Crippen LogP contribution in [0.3, 0.4) is 0 Å². The number of hydrogen-bond acceptors (Lipinski definition) is 2. The Hall–Kier alpha value is -1.23. The predicted molar refractivity (Wildman–Crippen MR) is 61.2 cm³/mol. The molecule has 0 aliphatic rings. The molecule has 0 fully saturated rings. The summed E-state index contributed by atoms with van der Waals surface area (Å²) in [6, 6.07) is 3.59. The minimum Gasteiger partial charge on any atom is -0.393 e. The molecular formula is C12H16F3NO. The molecule has 1 aromatic rings. The summed E-state index contributed by atoms with van der Waals surface area (Å²) in [5.74, 6) is 0. The number of rotatable bonds is 3. The molecule has 17 heavy (non-hydrogen) atoms. The molecule has 96 valence electrons. The van der Waals surface area contributed by atoms with E-state index in [2.05, 4.69) is 0 Å². The molecule has 0 aliphatic carbocycles. The van der Waals surface area contributed by atoms with Crippen molar-refractivity contribution in [2.24, 2.45) is 0 Å². The maximum atomic E-state index is 12.6. The van der Waals surface area contributed by atoms with Gasteiger partial charge in [0.15, 0.2) is 0 Å². The van der Waals surface area contributed by atoms with Gasteiger partial charge in [-0.2, -0.15) is 13.2 Å². The molecule has 0 bridgehead atoms. The van der Waals surface area contributed by atoms with Crippen LogP contribution in [0, 0.1) is 0 Å². The van der Waals surface area contributed by atoms with Gasteiger partial charge in [0.2, 0.25) is 0 Å². The van der Waals surface area contributed by atoms with Crippen LogP contribution in [0.1, 0.15) is 18.1 Å². The maximum Gasteiger partial charge on any atom is 0.416 e. The first-order valence-corrected chi connectivity index (χ1v) is 5.27. The number of halogens is 3. The van der Waals surface area contributed by atoms with E-state index in [1.54, 1.807) is 25.9 Å². The highest BCUT2D eigenvalue weighted by Gasteiger charge is 2.31. The van der Waals surface area contributed by atoms with Crippen LogP contribution in [0.15, 0.2) is 18.2 Å². The van der Waals surface area contributed by atoms with Crippen molar-refractivity contribution in [3.05, 3.63) is 29.3 Å². The maximum absolute atomic E-state index is 12.6. The van der Waals surface area contributed by atoms with Crippen molar-refractivity contribution in [2.45, 2.75) is 25.6 Å². The topological polar surface area (TPSA) is 23.5 Å². The molecule has 0 aliphatic heterocycles. The van der Waals surface area contributed by atoms with Gasteiger partial charge >= 0.3 is 6.18 Å². The highest BCUT2D eigenvalue weighted by molar-refractivity contribution is 5.54. The minimum absolute atomic E-state index is 0.206. The van der Waals surface area contributed by atoms with Crippen LogP contribution in [0.2, 0.25) is 0 Å². The third-order valence-corrected chi connectivity index (χ3v) is 2.40. The smallest absolute Gasteiger partial charge is 0.393 e. The lowest BCUT2D eigenvalue weighted by molar-refractivity contribution is -0.137. The molecule has 0 heterocycles. The van der Waals surface area contributed by atoms with E-state index < -0.39 is 17.8 Å². The van der Waals surface area contributed by atoms with E-state index in [0.717, 1.165) is 12.1 Å². The van der Waals surface area contributed by atoms with Crippen LogP contribution in [0.4, 0.5) is 18.9 Å². The van der Waals surface area contributed by atoms with Crippen LogP contribution in [0.25, 0.3) is 0 Å². The van der Waals surface area contributed by atoms with Gasteiger partial charge < -0.3 is 10.0 Å². The van der Waals surface area contributed by atoms with E-state index in [0.29, 0.717) is 11.3 Å². The lowest BCUT2D eigenvalue weighted by Gasteiger charge is -2.20. The Bertz CT molecular complexity index is 386. The Morgan fingerprint density at radius 3 is 2.29 bits per heavy atom. The summed E-state index contributed by atoms with van der Waals surface area (Å²) < 4.78 is 37.7. The van der Waals surface area contributed by atoms with Gasteiger partial charge in [-0.1, -0.05) is 0 Å². The Labute approximate surface area is 98.7 Å². The molecule has 2 nitrogen and oxygen atoms in total. The molecule has 0 saturated heterocycles. The van der Waals surface area contributed by atoms with E-state index in [9.17, 15) is 18.3 Å². The van der Waals surface area contributed by atoms with Gasteiger partial charge in [0.25, 0.3) is 0 Å². The van der Waals surface area contributed by atoms with Crippen LogP contribution < -0.4 is 4.90 Å². The zero-order valence-corrected chi connectivity index (χ0v) is 10.0. The molecule has 1 N–H and O–H groups in total. The highest BCUT2D eigenvalue weighted by Crippen LogP contribution is 2.32. The molecule has 0 spiro atoms. The summed E-state index contributed by atoms with van der Waals surface area (Å²) in [6.45, 7) is 1.56. The molecular weight excluding hydrogens is 231 g/mol. The summed E-state index contributed by atoms with van der Waals surface area (Å²) in [5, 5.41) is 9.31. The Morgan fingerprint density at radius 1 is 1.29 bits per heavy atom. The zero-order valence-electron chi connectivity index (χ0n) is 10.0. The first kappa shape index (κ1) is 13.8. The first-order valence-electron chi connectivity index (χ1n) is 5.27. The van der Waals surface area contributed by atoms with Crippen LogP contribution in [-0.2, 0) is 12.6 Å². The summed E-state index contributed by atoms with van der Waals surface area (Å²) >= 11 is 0. The molecule has 0 saturated carbocycles. The van der Waals surface area contributed by atoms with E-state index in [1.165, 1.54) is 6.07 Å². The third-order valence-electron chi connectivity index (χ3n) is 2.40. The van der Waals surface area contributed by atoms with E-state index >= 15 is 0 Å². The molecule has 1 atom stereocenters. The van der Waals surface area contributed by atoms with E-state index in [-0.39, 0.29) is 6.42 Å². The number of anilines is 1. The van der Waals surface area contributed by atoms with Crippen molar-refractivity contribution in [1.29, 1.82) is 0 Å². The van der Waals surface area contributed by atoms with Crippen molar-refractivity contribution < 1.29 is 18.3 Å². The Morgan fingerprint density at radius 2 is 1.88 bits per heavy atom. The van der Waals surface area contributed by atoms with Crippen LogP contribution >= 0.6 is 0 Å². The monoisotopic (exact) mass is 247 g/mol. The SMILES string of the molecule is CC(O)Cc1cc(C(F)(F)F)ccc1N(C)C. The van der Waals surface area contributed by atoms with Crippen LogP contribution in [-0.4, -0.2) is 25.3 Å². The van der Waals surface area contributed by atoms with Gasteiger partial charge in [-0.05, 0) is 30.7 Å². The fraction of sp³-hybridized carbons (Fsp3) is 0.500. The summed E-state index contributed by atoms with van der Waals surface area (Å²) in [5.41, 5.74) is 0.512. The molecule has 0 aromatic heterocycles. The largest absolute Gasteiger partial charge is 0.416 e. The van der Waals surface area contributed by atoms with Crippen LogP contribution in [0.5, 0.6) is 0 Å². The number of alkyl halides is 3. The zero-order chi connectivity index (χ0) is 13.2. The minimum atomic E-state index is -4.35. The average molecular weight is 247 g/mol. The number of benzene rings is 1. The fourth-order valence-electron chi connectivity index (χ4n) is 1.68. The van der Waals surface area contributed by atoms with Crippen molar-refractivity contribution in [3.63, 3.8) is 0 Å². The standard InChI is InChI=1S/C12H16F3NO/c1-8(17)6-9-7-10(12(13,14)15)4-5-11(9)16(2)3/h4-5,7-8,17H,6H2,1-3H3. The summed E-state index contributed by atoms with van der Waals surface area (Å²) in [7, 11) is 3.52. The Kier molecular flexibility index (Phi) is 4.03. The van der Waals surface area contributed by atoms with E-state index in [4.69, 9.17) is 0 Å². The second-order valence-electron chi connectivity index (χ2n) is 4.29. The molecule has 1 aromatic carbocycles. The molecule has 1 rings (SSSR count). The second kappa shape index (κ2) is 4.96. The second-order valence-corrected chi connectivity index (χ2v) is 4.29. The van der Waals surface area contributed by atoms with Gasteiger partial charge in [0.05, 0.1) is 11.7 Å².